The number of aldehydes is 1. The Balaban J connectivity index is 0.000000385. The summed E-state index contributed by atoms with van der Waals surface area (Å²) < 4.78 is 4.50. The minimum Gasteiger partial charge on any atom is -0.453 e. The largest absolute Gasteiger partial charge is 0.453 e. The maximum Gasteiger partial charge on any atom is 0.407 e. The first-order valence-electron chi connectivity index (χ1n) is 5.90. The average Bonchev–Trinajstić information content (AvgIpc) is 2.31. The number of nitrogens with one attached hydrogen (secondary N) is 1. The molecule has 0 bridgehead atoms. The van der Waals surface area contributed by atoms with E-state index in [4.69, 9.17) is 0 Å². The monoisotopic (exact) mass is 229 g/mol. The molecule has 1 rings (SSSR count). The van der Waals surface area contributed by atoms with Crippen molar-refractivity contribution in [1.29, 1.82) is 0 Å². The molecule has 1 fully saturated rings. The Bertz CT molecular complexity index is 198. The quantitative estimate of drug-likeness (QED) is 0.740. The fourth-order valence-electron chi connectivity index (χ4n) is 1.47. The molecule has 0 heterocycles. The number of amides is 1. The fourth-order valence-corrected chi connectivity index (χ4v) is 1.47. The van der Waals surface area contributed by atoms with E-state index in [9.17, 15) is 9.59 Å². The van der Waals surface area contributed by atoms with Crippen molar-refractivity contribution in [2.75, 3.05) is 7.11 Å². The summed E-state index contributed by atoms with van der Waals surface area (Å²) in [6, 6.07) is 0.358. The van der Waals surface area contributed by atoms with Crippen LogP contribution >= 0.6 is 0 Å². The highest BCUT2D eigenvalue weighted by atomic mass is 16.5. The lowest BCUT2D eigenvalue weighted by Crippen LogP contribution is -2.35. The van der Waals surface area contributed by atoms with E-state index in [2.05, 4.69) is 10.1 Å². The molecule has 1 aliphatic carbocycles. The van der Waals surface area contributed by atoms with Gasteiger partial charge in [0.05, 0.1) is 7.11 Å². The van der Waals surface area contributed by atoms with Gasteiger partial charge in [-0.1, -0.05) is 33.1 Å². The van der Waals surface area contributed by atoms with Crippen molar-refractivity contribution in [2.24, 2.45) is 5.92 Å². The van der Waals surface area contributed by atoms with Gasteiger partial charge in [-0.3, -0.25) is 0 Å². The van der Waals surface area contributed by atoms with E-state index in [-0.39, 0.29) is 12.0 Å². The summed E-state index contributed by atoms with van der Waals surface area (Å²) in [5.74, 6) is 0.204. The topological polar surface area (TPSA) is 55.4 Å². The summed E-state index contributed by atoms with van der Waals surface area (Å²) in [6.45, 7) is 3.71. The van der Waals surface area contributed by atoms with Crippen LogP contribution in [0.25, 0.3) is 0 Å². The van der Waals surface area contributed by atoms with Gasteiger partial charge >= 0.3 is 6.09 Å². The molecule has 0 aromatic carbocycles. The highest BCUT2D eigenvalue weighted by Gasteiger charge is 2.14. The van der Waals surface area contributed by atoms with E-state index in [1.54, 1.807) is 0 Å². The zero-order valence-corrected chi connectivity index (χ0v) is 10.5. The second kappa shape index (κ2) is 9.19. The van der Waals surface area contributed by atoms with E-state index >= 15 is 0 Å². The normalized spacial score (nSPS) is 16.0. The van der Waals surface area contributed by atoms with Crippen LogP contribution in [-0.2, 0) is 9.53 Å². The third-order valence-corrected chi connectivity index (χ3v) is 2.38. The van der Waals surface area contributed by atoms with Crippen molar-refractivity contribution < 1.29 is 14.3 Å². The van der Waals surface area contributed by atoms with Crippen molar-refractivity contribution in [2.45, 2.75) is 52.0 Å². The zero-order chi connectivity index (χ0) is 12.4. The van der Waals surface area contributed by atoms with Crippen LogP contribution in [-0.4, -0.2) is 25.5 Å². The Hall–Kier alpha value is -1.06. The summed E-state index contributed by atoms with van der Waals surface area (Å²) >= 11 is 0. The first-order valence-corrected chi connectivity index (χ1v) is 5.90. The molecule has 0 radical (unpaired) electrons. The molecule has 16 heavy (non-hydrogen) atoms. The maximum absolute atomic E-state index is 10.7. The number of ether oxygens (including phenoxy) is 1. The van der Waals surface area contributed by atoms with Gasteiger partial charge in [0.15, 0.2) is 0 Å². The SMILES string of the molecule is CC(C)C=O.COC(=O)NC1CCCCC1. The van der Waals surface area contributed by atoms with Crippen molar-refractivity contribution in [3.05, 3.63) is 0 Å². The lowest BCUT2D eigenvalue weighted by Gasteiger charge is -2.21. The molecule has 0 aliphatic heterocycles. The Morgan fingerprint density at radius 2 is 1.81 bits per heavy atom. The third kappa shape index (κ3) is 8.26. The van der Waals surface area contributed by atoms with Crippen molar-refractivity contribution in [3.8, 4) is 0 Å². The molecule has 0 aromatic heterocycles. The summed E-state index contributed by atoms with van der Waals surface area (Å²) in [4.78, 5) is 20.3. The van der Waals surface area contributed by atoms with Gasteiger partial charge in [0.2, 0.25) is 0 Å². The van der Waals surface area contributed by atoms with Gasteiger partial charge in [-0.2, -0.15) is 0 Å². The highest BCUT2D eigenvalue weighted by molar-refractivity contribution is 5.67. The van der Waals surface area contributed by atoms with Crippen molar-refractivity contribution in [1.82, 2.24) is 5.32 Å². The molecule has 4 heteroatoms. The number of hydrogen-bond acceptors (Lipinski definition) is 3. The number of methoxy groups -OCH3 is 1. The molecule has 0 unspecified atom stereocenters. The molecule has 0 atom stereocenters. The van der Waals surface area contributed by atoms with Crippen LogP contribution in [0.2, 0.25) is 0 Å². The highest BCUT2D eigenvalue weighted by Crippen LogP contribution is 2.17. The average molecular weight is 229 g/mol. The number of carbonyl (C=O) groups excluding carboxylic acids is 2. The lowest BCUT2D eigenvalue weighted by molar-refractivity contribution is -0.110. The van der Waals surface area contributed by atoms with Crippen LogP contribution in [0.4, 0.5) is 4.79 Å². The Morgan fingerprint density at radius 1 is 1.31 bits per heavy atom. The Kier molecular flexibility index (Phi) is 8.58. The van der Waals surface area contributed by atoms with E-state index in [0.717, 1.165) is 19.1 Å². The van der Waals surface area contributed by atoms with Crippen LogP contribution in [0.1, 0.15) is 46.0 Å². The second-order valence-electron chi connectivity index (χ2n) is 4.35. The molecule has 0 spiro atoms. The van der Waals surface area contributed by atoms with Crippen LogP contribution in [0.15, 0.2) is 0 Å². The van der Waals surface area contributed by atoms with Crippen LogP contribution in [0, 0.1) is 5.92 Å². The number of hydrogen-bond donors (Lipinski definition) is 1. The molecule has 0 aromatic rings. The van der Waals surface area contributed by atoms with E-state index in [1.165, 1.54) is 26.4 Å². The molecule has 1 amide bonds. The Morgan fingerprint density at radius 3 is 2.19 bits per heavy atom. The van der Waals surface area contributed by atoms with Gasteiger partial charge in [-0.15, -0.1) is 0 Å². The van der Waals surface area contributed by atoms with Crippen LogP contribution < -0.4 is 5.32 Å². The van der Waals surface area contributed by atoms with Gasteiger partial charge in [0.1, 0.15) is 6.29 Å². The summed E-state index contributed by atoms with van der Waals surface area (Å²) in [6.07, 6.45) is 6.60. The minimum absolute atomic E-state index is 0.204. The molecular formula is C12H23NO3. The molecule has 4 nitrogen and oxygen atoms in total. The zero-order valence-electron chi connectivity index (χ0n) is 10.5. The lowest BCUT2D eigenvalue weighted by atomic mass is 9.96. The predicted molar refractivity (Wildman–Crippen MR) is 63.3 cm³/mol. The number of alkyl carbamates (subject to hydrolysis) is 1. The fraction of sp³-hybridized carbons (Fsp3) is 0.833. The van der Waals surface area contributed by atoms with Gasteiger partial charge in [0.25, 0.3) is 0 Å². The smallest absolute Gasteiger partial charge is 0.407 e. The van der Waals surface area contributed by atoms with Gasteiger partial charge in [-0.25, -0.2) is 4.79 Å². The van der Waals surface area contributed by atoms with E-state index in [1.807, 2.05) is 13.8 Å². The summed E-state index contributed by atoms with van der Waals surface area (Å²) in [7, 11) is 1.40. The molecule has 1 saturated carbocycles. The van der Waals surface area contributed by atoms with Crippen molar-refractivity contribution >= 4 is 12.4 Å². The molecule has 0 saturated heterocycles. The van der Waals surface area contributed by atoms with Gasteiger partial charge in [-0.05, 0) is 12.8 Å². The van der Waals surface area contributed by atoms with Crippen LogP contribution in [0.5, 0.6) is 0 Å². The van der Waals surface area contributed by atoms with Gasteiger partial charge < -0.3 is 14.8 Å². The number of carbonyl (C=O) groups is 2. The maximum atomic E-state index is 10.7. The van der Waals surface area contributed by atoms with E-state index in [0.29, 0.717) is 6.04 Å². The second-order valence-corrected chi connectivity index (χ2v) is 4.35. The van der Waals surface area contributed by atoms with Crippen molar-refractivity contribution in [3.63, 3.8) is 0 Å². The summed E-state index contributed by atoms with van der Waals surface area (Å²) in [5, 5.41) is 2.81. The van der Waals surface area contributed by atoms with E-state index < -0.39 is 0 Å². The minimum atomic E-state index is -0.295. The van der Waals surface area contributed by atoms with Gasteiger partial charge in [0, 0.05) is 12.0 Å². The standard InChI is InChI=1S/C8H15NO2.C4H8O/c1-11-8(10)9-7-5-3-2-4-6-7;1-4(2)3-5/h7H,2-6H2,1H3,(H,9,10);3-4H,1-2H3. The number of rotatable bonds is 2. The molecule has 1 N–H and O–H groups in total. The first-order chi connectivity index (χ1) is 7.60. The Labute approximate surface area is 97.7 Å². The molecule has 1 aliphatic rings. The predicted octanol–water partition coefficient (Wildman–Crippen LogP) is 2.52. The summed E-state index contributed by atoms with van der Waals surface area (Å²) in [5.41, 5.74) is 0. The van der Waals surface area contributed by atoms with Crippen LogP contribution in [0.3, 0.4) is 0 Å². The molecular weight excluding hydrogens is 206 g/mol. The first kappa shape index (κ1) is 14.9. The third-order valence-electron chi connectivity index (χ3n) is 2.38. The molecule has 94 valence electrons.